The molecule has 1 aromatic rings. The molecule has 0 bridgehead atoms. The number of phenols is 1. The molecular weight excluding hydrogens is 270 g/mol. The second kappa shape index (κ2) is 3.63. The summed E-state index contributed by atoms with van der Waals surface area (Å²) in [7, 11) is -1.61. The molecule has 1 aromatic carbocycles. The van der Waals surface area contributed by atoms with E-state index in [-0.39, 0.29) is 11.2 Å². The summed E-state index contributed by atoms with van der Waals surface area (Å²) in [6, 6.07) is 3.31. The minimum absolute atomic E-state index is 0.0591. The first-order valence-corrected chi connectivity index (χ1v) is 4.45. The summed E-state index contributed by atoms with van der Waals surface area (Å²) in [5.74, 6) is -0.0591. The van der Waals surface area contributed by atoms with Gasteiger partial charge in [0.25, 0.3) is 0 Å². The summed E-state index contributed by atoms with van der Waals surface area (Å²) in [5, 5.41) is 27.1. The fourth-order valence-corrected chi connectivity index (χ4v) is 1.76. The van der Waals surface area contributed by atoms with Crippen molar-refractivity contribution in [2.45, 2.75) is 6.92 Å². The van der Waals surface area contributed by atoms with Crippen LogP contribution in [0.2, 0.25) is 0 Å². The minimum Gasteiger partial charge on any atom is -0.507 e. The Morgan fingerprint density at radius 3 is 2.42 bits per heavy atom. The average Bonchev–Trinajstić information content (AvgIpc) is 1.96. The molecule has 0 atom stereocenters. The molecule has 0 aliphatic carbocycles. The quantitative estimate of drug-likeness (QED) is 0.500. The molecule has 0 amide bonds. The largest absolute Gasteiger partial charge is 0.507 e. The molecular formula is C7H8BIO3. The summed E-state index contributed by atoms with van der Waals surface area (Å²) in [4.78, 5) is 0. The third-order valence-electron chi connectivity index (χ3n) is 1.52. The number of benzene rings is 1. The lowest BCUT2D eigenvalue weighted by molar-refractivity contribution is 0.419. The topological polar surface area (TPSA) is 60.7 Å². The van der Waals surface area contributed by atoms with Gasteiger partial charge in [-0.2, -0.15) is 0 Å². The van der Waals surface area contributed by atoms with Crippen LogP contribution in [0.25, 0.3) is 0 Å². The van der Waals surface area contributed by atoms with E-state index >= 15 is 0 Å². The molecule has 64 valence electrons. The van der Waals surface area contributed by atoms with Crippen LogP contribution < -0.4 is 5.46 Å². The van der Waals surface area contributed by atoms with E-state index in [0.29, 0.717) is 3.57 Å². The van der Waals surface area contributed by atoms with Gasteiger partial charge in [0.2, 0.25) is 0 Å². The summed E-state index contributed by atoms with van der Waals surface area (Å²) < 4.78 is 0.621. The highest BCUT2D eigenvalue weighted by molar-refractivity contribution is 14.1. The van der Waals surface area contributed by atoms with Crippen molar-refractivity contribution < 1.29 is 15.2 Å². The van der Waals surface area contributed by atoms with Gasteiger partial charge >= 0.3 is 7.12 Å². The second-order valence-electron chi connectivity index (χ2n) is 2.56. The number of aromatic hydroxyl groups is 1. The van der Waals surface area contributed by atoms with Crippen molar-refractivity contribution in [3.63, 3.8) is 0 Å². The Balaban J connectivity index is 3.28. The van der Waals surface area contributed by atoms with Crippen LogP contribution in [-0.2, 0) is 0 Å². The molecule has 3 nitrogen and oxygen atoms in total. The number of halogens is 1. The highest BCUT2D eigenvalue weighted by Crippen LogP contribution is 2.18. The lowest BCUT2D eigenvalue weighted by Gasteiger charge is -2.06. The zero-order valence-corrected chi connectivity index (χ0v) is 8.61. The van der Waals surface area contributed by atoms with E-state index in [1.807, 2.05) is 29.5 Å². The molecule has 3 N–H and O–H groups in total. The van der Waals surface area contributed by atoms with Gasteiger partial charge in [-0.3, -0.25) is 0 Å². The standard InChI is InChI=1S/C7H8BIO3/c1-4-2-5(8(11)12)7(10)6(9)3-4/h2-3,10-12H,1H3. The van der Waals surface area contributed by atoms with Crippen molar-refractivity contribution in [2.24, 2.45) is 0 Å². The first kappa shape index (κ1) is 9.82. The van der Waals surface area contributed by atoms with E-state index in [4.69, 9.17) is 10.0 Å². The monoisotopic (exact) mass is 278 g/mol. The lowest BCUT2D eigenvalue weighted by atomic mass is 9.79. The van der Waals surface area contributed by atoms with Crippen LogP contribution >= 0.6 is 22.6 Å². The molecule has 1 rings (SSSR count). The Hall–Kier alpha value is -0.265. The van der Waals surface area contributed by atoms with E-state index in [1.165, 1.54) is 0 Å². The number of rotatable bonds is 1. The average molecular weight is 278 g/mol. The number of hydrogen-bond donors (Lipinski definition) is 3. The summed E-state index contributed by atoms with van der Waals surface area (Å²) in [6.45, 7) is 1.83. The molecule has 0 radical (unpaired) electrons. The van der Waals surface area contributed by atoms with Gasteiger partial charge in [-0.25, -0.2) is 0 Å². The fourth-order valence-electron chi connectivity index (χ4n) is 0.958. The van der Waals surface area contributed by atoms with Gasteiger partial charge in [0.05, 0.1) is 3.57 Å². The number of aryl methyl sites for hydroxylation is 1. The van der Waals surface area contributed by atoms with Crippen LogP contribution in [0, 0.1) is 10.5 Å². The molecule has 0 saturated carbocycles. The lowest BCUT2D eigenvalue weighted by Crippen LogP contribution is -2.30. The predicted octanol–water partition coefficient (Wildman–Crippen LogP) is -0.0150. The minimum atomic E-state index is -1.61. The molecule has 0 aliphatic heterocycles. The Morgan fingerprint density at radius 1 is 1.33 bits per heavy atom. The molecule has 0 aromatic heterocycles. The third-order valence-corrected chi connectivity index (χ3v) is 2.34. The molecule has 5 heteroatoms. The van der Waals surface area contributed by atoms with Gasteiger partial charge in [0.1, 0.15) is 5.75 Å². The Morgan fingerprint density at radius 2 is 1.92 bits per heavy atom. The molecule has 12 heavy (non-hydrogen) atoms. The van der Waals surface area contributed by atoms with Crippen LogP contribution in [0.15, 0.2) is 12.1 Å². The zero-order chi connectivity index (χ0) is 9.30. The summed E-state index contributed by atoms with van der Waals surface area (Å²) in [5.41, 5.74) is 1.04. The van der Waals surface area contributed by atoms with E-state index in [2.05, 4.69) is 0 Å². The van der Waals surface area contributed by atoms with Crippen molar-refractivity contribution in [1.29, 1.82) is 0 Å². The molecule has 0 fully saturated rings. The molecule has 0 spiro atoms. The Labute approximate surface area is 84.3 Å². The van der Waals surface area contributed by atoms with Gasteiger partial charge in [0.15, 0.2) is 0 Å². The smallest absolute Gasteiger partial charge is 0.492 e. The van der Waals surface area contributed by atoms with Crippen molar-refractivity contribution in [3.05, 3.63) is 21.3 Å². The van der Waals surface area contributed by atoms with Crippen molar-refractivity contribution in [3.8, 4) is 5.75 Å². The van der Waals surface area contributed by atoms with Gasteiger partial charge in [-0.1, -0.05) is 11.6 Å². The summed E-state index contributed by atoms with van der Waals surface area (Å²) >= 11 is 1.94. The van der Waals surface area contributed by atoms with Crippen molar-refractivity contribution in [1.82, 2.24) is 0 Å². The Kier molecular flexibility index (Phi) is 2.97. The Bertz CT molecular complexity index is 301. The van der Waals surface area contributed by atoms with Crippen molar-refractivity contribution in [2.75, 3.05) is 0 Å². The summed E-state index contributed by atoms with van der Waals surface area (Å²) in [6.07, 6.45) is 0. The van der Waals surface area contributed by atoms with Crippen molar-refractivity contribution >= 4 is 35.2 Å². The number of phenolic OH excluding ortho intramolecular Hbond substituents is 1. The van der Waals surface area contributed by atoms with Crippen LogP contribution in [0.1, 0.15) is 5.56 Å². The van der Waals surface area contributed by atoms with Crippen LogP contribution in [0.5, 0.6) is 5.75 Å². The first-order chi connectivity index (χ1) is 5.52. The maximum Gasteiger partial charge on any atom is 0.492 e. The van der Waals surface area contributed by atoms with E-state index < -0.39 is 7.12 Å². The highest BCUT2D eigenvalue weighted by atomic mass is 127. The molecule has 0 heterocycles. The maximum absolute atomic E-state index is 9.36. The molecule has 0 aliphatic rings. The van der Waals surface area contributed by atoms with Gasteiger partial charge < -0.3 is 15.2 Å². The number of hydrogen-bond acceptors (Lipinski definition) is 3. The van der Waals surface area contributed by atoms with E-state index in [9.17, 15) is 5.11 Å². The molecule has 0 unspecified atom stereocenters. The van der Waals surface area contributed by atoms with E-state index in [1.54, 1.807) is 12.1 Å². The van der Waals surface area contributed by atoms with Gasteiger partial charge in [-0.05, 0) is 35.6 Å². The van der Waals surface area contributed by atoms with Crippen LogP contribution in [0.4, 0.5) is 0 Å². The normalized spacial score (nSPS) is 10.0. The predicted molar refractivity (Wildman–Crippen MR) is 55.4 cm³/mol. The zero-order valence-electron chi connectivity index (χ0n) is 6.45. The highest BCUT2D eigenvalue weighted by Gasteiger charge is 2.17. The SMILES string of the molecule is Cc1cc(I)c(O)c(B(O)O)c1. The fraction of sp³-hybridized carbons (Fsp3) is 0.143. The maximum atomic E-state index is 9.36. The second-order valence-corrected chi connectivity index (χ2v) is 3.72. The van der Waals surface area contributed by atoms with Crippen LogP contribution in [0.3, 0.4) is 0 Å². The van der Waals surface area contributed by atoms with Crippen LogP contribution in [-0.4, -0.2) is 22.3 Å². The van der Waals surface area contributed by atoms with E-state index in [0.717, 1.165) is 5.56 Å². The molecule has 0 saturated heterocycles. The first-order valence-electron chi connectivity index (χ1n) is 3.37. The van der Waals surface area contributed by atoms with Gasteiger partial charge in [-0.15, -0.1) is 0 Å². The van der Waals surface area contributed by atoms with Gasteiger partial charge in [0, 0.05) is 5.46 Å². The third kappa shape index (κ3) is 1.91.